The molecular formula is C15H18N2O2. The van der Waals surface area contributed by atoms with Crippen LogP contribution in [0.1, 0.15) is 31.2 Å². The summed E-state index contributed by atoms with van der Waals surface area (Å²) in [6.45, 7) is 0.530. The van der Waals surface area contributed by atoms with Crippen LogP contribution >= 0.6 is 0 Å². The maximum Gasteiger partial charge on any atom is 0.227 e. The molecule has 0 aliphatic heterocycles. The molecule has 0 radical (unpaired) electrons. The fraction of sp³-hybridized carbons (Fsp3) is 0.467. The van der Waals surface area contributed by atoms with Gasteiger partial charge in [0.15, 0.2) is 0 Å². The van der Waals surface area contributed by atoms with Gasteiger partial charge in [0.2, 0.25) is 11.8 Å². The summed E-state index contributed by atoms with van der Waals surface area (Å²) in [6.07, 6.45) is 4.04. The average Bonchev–Trinajstić information content (AvgIpc) is 3.29. The molecule has 1 aromatic carbocycles. The number of amides is 2. The molecule has 2 saturated carbocycles. The number of anilines is 1. The molecule has 4 nitrogen and oxygen atoms in total. The van der Waals surface area contributed by atoms with E-state index >= 15 is 0 Å². The van der Waals surface area contributed by atoms with E-state index in [4.69, 9.17) is 0 Å². The van der Waals surface area contributed by atoms with Gasteiger partial charge in [0.05, 0.1) is 0 Å². The molecule has 100 valence electrons. The molecule has 0 atom stereocenters. The highest BCUT2D eigenvalue weighted by Gasteiger charge is 2.30. The number of benzene rings is 1. The van der Waals surface area contributed by atoms with Crippen LogP contribution in [0.4, 0.5) is 5.69 Å². The summed E-state index contributed by atoms with van der Waals surface area (Å²) >= 11 is 0. The lowest BCUT2D eigenvalue weighted by Gasteiger charge is -2.08. The number of hydrogen-bond donors (Lipinski definition) is 2. The topological polar surface area (TPSA) is 58.2 Å². The maximum atomic E-state index is 11.7. The minimum absolute atomic E-state index is 0.110. The first-order valence-corrected chi connectivity index (χ1v) is 6.90. The second-order valence-electron chi connectivity index (χ2n) is 5.46. The van der Waals surface area contributed by atoms with Crippen molar-refractivity contribution < 1.29 is 9.59 Å². The van der Waals surface area contributed by atoms with Gasteiger partial charge in [-0.15, -0.1) is 0 Å². The van der Waals surface area contributed by atoms with Crippen molar-refractivity contribution >= 4 is 17.5 Å². The fourth-order valence-corrected chi connectivity index (χ4v) is 2.03. The van der Waals surface area contributed by atoms with E-state index in [9.17, 15) is 9.59 Å². The molecule has 0 bridgehead atoms. The summed E-state index contributed by atoms with van der Waals surface area (Å²) in [5, 5.41) is 5.84. The zero-order chi connectivity index (χ0) is 13.2. The van der Waals surface area contributed by atoms with Crippen molar-refractivity contribution in [2.75, 3.05) is 5.32 Å². The van der Waals surface area contributed by atoms with Gasteiger partial charge in [0, 0.05) is 24.1 Å². The van der Waals surface area contributed by atoms with Crippen LogP contribution in [-0.2, 0) is 16.1 Å². The van der Waals surface area contributed by atoms with E-state index < -0.39 is 0 Å². The molecular weight excluding hydrogens is 240 g/mol. The number of hydrogen-bond acceptors (Lipinski definition) is 2. The zero-order valence-corrected chi connectivity index (χ0v) is 10.8. The van der Waals surface area contributed by atoms with Gasteiger partial charge in [-0.2, -0.15) is 0 Å². The number of nitrogens with one attached hydrogen (secondary N) is 2. The SMILES string of the molecule is O=C(NCc1cccc(NC(=O)C2CC2)c1)C1CC1. The summed E-state index contributed by atoms with van der Waals surface area (Å²) in [6, 6.07) is 7.67. The Morgan fingerprint density at radius 2 is 1.74 bits per heavy atom. The molecule has 19 heavy (non-hydrogen) atoms. The number of rotatable bonds is 5. The molecule has 1 aromatic rings. The molecule has 2 aliphatic carbocycles. The lowest BCUT2D eigenvalue weighted by atomic mass is 10.2. The lowest BCUT2D eigenvalue weighted by molar-refractivity contribution is -0.122. The lowest BCUT2D eigenvalue weighted by Crippen LogP contribution is -2.24. The summed E-state index contributed by atoms with van der Waals surface area (Å²) in [5.74, 6) is 0.697. The predicted molar refractivity (Wildman–Crippen MR) is 72.4 cm³/mol. The van der Waals surface area contributed by atoms with Crippen LogP contribution in [0.2, 0.25) is 0 Å². The molecule has 0 spiro atoms. The van der Waals surface area contributed by atoms with Gasteiger partial charge in [-0.05, 0) is 43.4 Å². The number of carbonyl (C=O) groups excluding carboxylic acids is 2. The van der Waals surface area contributed by atoms with Crippen molar-refractivity contribution in [1.82, 2.24) is 5.32 Å². The molecule has 2 N–H and O–H groups in total. The molecule has 3 rings (SSSR count). The molecule has 2 aliphatic rings. The highest BCUT2D eigenvalue weighted by atomic mass is 16.2. The third-order valence-electron chi connectivity index (χ3n) is 3.56. The zero-order valence-electron chi connectivity index (χ0n) is 10.8. The van der Waals surface area contributed by atoms with Gasteiger partial charge in [0.1, 0.15) is 0 Å². The third-order valence-corrected chi connectivity index (χ3v) is 3.56. The van der Waals surface area contributed by atoms with Gasteiger partial charge in [0.25, 0.3) is 0 Å². The first kappa shape index (κ1) is 12.2. The minimum Gasteiger partial charge on any atom is -0.352 e. The molecule has 0 unspecified atom stereocenters. The predicted octanol–water partition coefficient (Wildman–Crippen LogP) is 2.06. The quantitative estimate of drug-likeness (QED) is 0.849. The van der Waals surface area contributed by atoms with E-state index in [1.54, 1.807) is 0 Å². The van der Waals surface area contributed by atoms with Crippen LogP contribution in [0.15, 0.2) is 24.3 Å². The van der Waals surface area contributed by atoms with Crippen molar-refractivity contribution in [2.45, 2.75) is 32.2 Å². The van der Waals surface area contributed by atoms with E-state index in [1.165, 1.54) is 0 Å². The van der Waals surface area contributed by atoms with Crippen molar-refractivity contribution in [1.29, 1.82) is 0 Å². The van der Waals surface area contributed by atoms with Crippen LogP contribution in [0, 0.1) is 11.8 Å². The summed E-state index contributed by atoms with van der Waals surface area (Å²) in [4.78, 5) is 23.2. The van der Waals surface area contributed by atoms with Gasteiger partial charge < -0.3 is 10.6 Å². The minimum atomic E-state index is 0.110. The van der Waals surface area contributed by atoms with Crippen LogP contribution in [0.25, 0.3) is 0 Å². The van der Waals surface area contributed by atoms with Crippen LogP contribution in [-0.4, -0.2) is 11.8 Å². The maximum absolute atomic E-state index is 11.7. The Kier molecular flexibility index (Phi) is 3.23. The number of carbonyl (C=O) groups is 2. The Balaban J connectivity index is 1.55. The largest absolute Gasteiger partial charge is 0.352 e. The molecule has 2 amide bonds. The summed E-state index contributed by atoms with van der Waals surface area (Å²) in [5.41, 5.74) is 1.83. The molecule has 0 aromatic heterocycles. The van der Waals surface area contributed by atoms with Gasteiger partial charge in [-0.1, -0.05) is 12.1 Å². The fourth-order valence-electron chi connectivity index (χ4n) is 2.03. The normalized spacial score (nSPS) is 17.9. The van der Waals surface area contributed by atoms with E-state index in [1.807, 2.05) is 24.3 Å². The standard InChI is InChI=1S/C15H18N2O2/c18-14(11-4-5-11)16-9-10-2-1-3-13(8-10)17-15(19)12-6-7-12/h1-3,8,11-12H,4-7,9H2,(H,16,18)(H,17,19). The van der Waals surface area contributed by atoms with E-state index in [0.29, 0.717) is 6.54 Å². The van der Waals surface area contributed by atoms with Gasteiger partial charge in [-0.3, -0.25) is 9.59 Å². The van der Waals surface area contributed by atoms with Crippen LogP contribution in [0.3, 0.4) is 0 Å². The first-order valence-electron chi connectivity index (χ1n) is 6.90. The second-order valence-corrected chi connectivity index (χ2v) is 5.46. The van der Waals surface area contributed by atoms with Crippen molar-refractivity contribution in [3.8, 4) is 0 Å². The molecule has 0 heterocycles. The van der Waals surface area contributed by atoms with E-state index in [0.717, 1.165) is 36.9 Å². The monoisotopic (exact) mass is 258 g/mol. The Morgan fingerprint density at radius 1 is 1.05 bits per heavy atom. The smallest absolute Gasteiger partial charge is 0.227 e. The Hall–Kier alpha value is -1.84. The first-order chi connectivity index (χ1) is 9.22. The molecule has 2 fully saturated rings. The van der Waals surface area contributed by atoms with Gasteiger partial charge >= 0.3 is 0 Å². The average molecular weight is 258 g/mol. The van der Waals surface area contributed by atoms with Crippen LogP contribution in [0.5, 0.6) is 0 Å². The highest BCUT2D eigenvalue weighted by Crippen LogP contribution is 2.30. The molecule has 0 saturated heterocycles. The van der Waals surface area contributed by atoms with E-state index in [-0.39, 0.29) is 23.7 Å². The Labute approximate surface area is 112 Å². The second kappa shape index (κ2) is 5.03. The van der Waals surface area contributed by atoms with Crippen molar-refractivity contribution in [3.05, 3.63) is 29.8 Å². The summed E-state index contributed by atoms with van der Waals surface area (Å²) < 4.78 is 0. The highest BCUT2D eigenvalue weighted by molar-refractivity contribution is 5.94. The summed E-state index contributed by atoms with van der Waals surface area (Å²) in [7, 11) is 0. The Bertz CT molecular complexity index is 505. The van der Waals surface area contributed by atoms with Crippen LogP contribution < -0.4 is 10.6 Å². The van der Waals surface area contributed by atoms with Crippen molar-refractivity contribution in [3.63, 3.8) is 0 Å². The van der Waals surface area contributed by atoms with Gasteiger partial charge in [-0.25, -0.2) is 0 Å². The van der Waals surface area contributed by atoms with E-state index in [2.05, 4.69) is 10.6 Å². The Morgan fingerprint density at radius 3 is 2.42 bits per heavy atom. The molecule has 4 heteroatoms. The third kappa shape index (κ3) is 3.34. The van der Waals surface area contributed by atoms with Crippen molar-refractivity contribution in [2.24, 2.45) is 11.8 Å².